The van der Waals surface area contributed by atoms with Crippen LogP contribution in [0.1, 0.15) is 6.92 Å². The van der Waals surface area contributed by atoms with Gasteiger partial charge in [-0.15, -0.1) is 6.58 Å². The summed E-state index contributed by atoms with van der Waals surface area (Å²) in [6.45, 7) is 5.04. The van der Waals surface area contributed by atoms with Gasteiger partial charge >= 0.3 is 0 Å². The zero-order valence-corrected chi connectivity index (χ0v) is 6.06. The first kappa shape index (κ1) is 8.65. The van der Waals surface area contributed by atoms with E-state index in [-0.39, 0.29) is 11.7 Å². The van der Waals surface area contributed by atoms with Gasteiger partial charge in [0.2, 0.25) is 0 Å². The standard InChI is InChI=1S/C5H10O3S/c1-3-5(2)4-9(6,7)8/h3,5H,1,4H2,2H3,(H,6,7,8). The Labute approximate surface area is 55.1 Å². The fraction of sp³-hybridized carbons (Fsp3) is 0.600. The molecule has 0 aliphatic rings. The molecule has 1 N–H and O–H groups in total. The normalized spacial score (nSPS) is 14.9. The number of allylic oxidation sites excluding steroid dienone is 1. The molecule has 0 amide bonds. The predicted molar refractivity (Wildman–Crippen MR) is 35.8 cm³/mol. The fourth-order valence-electron chi connectivity index (χ4n) is 0.400. The van der Waals surface area contributed by atoms with Crippen molar-refractivity contribution in [2.24, 2.45) is 5.92 Å². The van der Waals surface area contributed by atoms with Crippen molar-refractivity contribution in [1.82, 2.24) is 0 Å². The van der Waals surface area contributed by atoms with Crippen LogP contribution in [0.15, 0.2) is 12.7 Å². The van der Waals surface area contributed by atoms with Gasteiger partial charge in [0.15, 0.2) is 0 Å². The molecule has 0 rings (SSSR count). The van der Waals surface area contributed by atoms with Gasteiger partial charge in [0.1, 0.15) is 0 Å². The Balaban J connectivity index is 3.89. The van der Waals surface area contributed by atoms with E-state index in [1.165, 1.54) is 6.08 Å². The molecule has 0 aromatic carbocycles. The zero-order valence-electron chi connectivity index (χ0n) is 5.24. The van der Waals surface area contributed by atoms with Gasteiger partial charge in [0.05, 0.1) is 5.75 Å². The smallest absolute Gasteiger partial charge is 0.265 e. The van der Waals surface area contributed by atoms with Gasteiger partial charge in [0.25, 0.3) is 10.1 Å². The summed E-state index contributed by atoms with van der Waals surface area (Å²) in [7, 11) is -3.81. The van der Waals surface area contributed by atoms with Crippen LogP contribution in [0.4, 0.5) is 0 Å². The first-order valence-corrected chi connectivity index (χ1v) is 4.14. The van der Waals surface area contributed by atoms with Crippen molar-refractivity contribution in [1.29, 1.82) is 0 Å². The lowest BCUT2D eigenvalue weighted by atomic mass is 10.2. The molecular formula is C5H10O3S. The van der Waals surface area contributed by atoms with Crippen molar-refractivity contribution >= 4 is 10.1 Å². The maximum Gasteiger partial charge on any atom is 0.265 e. The molecule has 0 saturated carbocycles. The molecule has 0 aromatic heterocycles. The molecule has 54 valence electrons. The van der Waals surface area contributed by atoms with E-state index in [9.17, 15) is 8.42 Å². The minimum absolute atomic E-state index is 0.181. The molecule has 0 aliphatic carbocycles. The highest BCUT2D eigenvalue weighted by Gasteiger charge is 2.07. The van der Waals surface area contributed by atoms with E-state index in [4.69, 9.17) is 4.55 Å². The summed E-state index contributed by atoms with van der Waals surface area (Å²) in [4.78, 5) is 0. The SMILES string of the molecule is C=CC(C)CS(=O)(=O)O. The first-order chi connectivity index (χ1) is 3.95. The second-order valence-electron chi connectivity index (χ2n) is 1.96. The molecule has 9 heavy (non-hydrogen) atoms. The third-order valence-corrected chi connectivity index (χ3v) is 1.82. The van der Waals surface area contributed by atoms with Gasteiger partial charge < -0.3 is 0 Å². The summed E-state index contributed by atoms with van der Waals surface area (Å²) >= 11 is 0. The third-order valence-electron chi connectivity index (χ3n) is 0.876. The molecule has 3 nitrogen and oxygen atoms in total. The molecule has 0 aromatic rings. The summed E-state index contributed by atoms with van der Waals surface area (Å²) in [5.74, 6) is -0.420. The molecule has 1 unspecified atom stereocenters. The Hall–Kier alpha value is -0.350. The predicted octanol–water partition coefficient (Wildman–Crippen LogP) is 0.696. The van der Waals surface area contributed by atoms with Crippen molar-refractivity contribution in [2.45, 2.75) is 6.92 Å². The van der Waals surface area contributed by atoms with Gasteiger partial charge in [-0.25, -0.2) is 0 Å². The topological polar surface area (TPSA) is 54.4 Å². The van der Waals surface area contributed by atoms with Crippen molar-refractivity contribution in [2.75, 3.05) is 5.75 Å². The van der Waals surface area contributed by atoms with Crippen LogP contribution >= 0.6 is 0 Å². The minimum Gasteiger partial charge on any atom is -0.286 e. The summed E-state index contributed by atoms with van der Waals surface area (Å²) in [6.07, 6.45) is 1.48. The van der Waals surface area contributed by atoms with Gasteiger partial charge in [-0.3, -0.25) is 4.55 Å². The Morgan fingerprint density at radius 1 is 1.78 bits per heavy atom. The van der Waals surface area contributed by atoms with Gasteiger partial charge in [-0.05, 0) is 5.92 Å². The Kier molecular flexibility index (Phi) is 2.87. The lowest BCUT2D eigenvalue weighted by Crippen LogP contribution is -2.09. The number of rotatable bonds is 3. The van der Waals surface area contributed by atoms with E-state index >= 15 is 0 Å². The van der Waals surface area contributed by atoms with Crippen LogP contribution in [-0.2, 0) is 10.1 Å². The van der Waals surface area contributed by atoms with E-state index in [1.54, 1.807) is 6.92 Å². The highest BCUT2D eigenvalue weighted by atomic mass is 32.2. The Bertz CT molecular complexity index is 180. The van der Waals surface area contributed by atoms with E-state index in [0.29, 0.717) is 0 Å². The second-order valence-corrected chi connectivity index (χ2v) is 3.46. The molecule has 0 aliphatic heterocycles. The second kappa shape index (κ2) is 2.98. The maximum absolute atomic E-state index is 10.1. The molecule has 1 atom stereocenters. The molecule has 0 fully saturated rings. The van der Waals surface area contributed by atoms with Crippen molar-refractivity contribution in [3.8, 4) is 0 Å². The molecular weight excluding hydrogens is 140 g/mol. The highest BCUT2D eigenvalue weighted by molar-refractivity contribution is 7.85. The van der Waals surface area contributed by atoms with E-state index in [2.05, 4.69) is 6.58 Å². The molecule has 0 bridgehead atoms. The van der Waals surface area contributed by atoms with Crippen LogP contribution < -0.4 is 0 Å². The van der Waals surface area contributed by atoms with Crippen LogP contribution in [-0.4, -0.2) is 18.7 Å². The number of hydrogen-bond acceptors (Lipinski definition) is 2. The van der Waals surface area contributed by atoms with Gasteiger partial charge in [-0.1, -0.05) is 13.0 Å². The van der Waals surface area contributed by atoms with E-state index in [0.717, 1.165) is 0 Å². The largest absolute Gasteiger partial charge is 0.286 e. The van der Waals surface area contributed by atoms with Crippen LogP contribution in [0.5, 0.6) is 0 Å². The third kappa shape index (κ3) is 5.52. The first-order valence-electron chi connectivity index (χ1n) is 2.53. The molecule has 0 saturated heterocycles. The van der Waals surface area contributed by atoms with Crippen molar-refractivity contribution < 1.29 is 13.0 Å². The lowest BCUT2D eigenvalue weighted by Gasteiger charge is -1.99. The quantitative estimate of drug-likeness (QED) is 0.476. The summed E-state index contributed by atoms with van der Waals surface area (Å²) in [5, 5.41) is 0. The molecule has 0 radical (unpaired) electrons. The zero-order chi connectivity index (χ0) is 7.49. The van der Waals surface area contributed by atoms with E-state index < -0.39 is 10.1 Å². The Morgan fingerprint density at radius 3 is 2.33 bits per heavy atom. The maximum atomic E-state index is 10.1. The molecule has 0 heterocycles. The average molecular weight is 150 g/mol. The molecule has 0 spiro atoms. The van der Waals surface area contributed by atoms with Crippen LogP contribution in [0.2, 0.25) is 0 Å². The number of hydrogen-bond donors (Lipinski definition) is 1. The van der Waals surface area contributed by atoms with Gasteiger partial charge in [-0.2, -0.15) is 8.42 Å². The van der Waals surface area contributed by atoms with Crippen LogP contribution in [0.3, 0.4) is 0 Å². The van der Waals surface area contributed by atoms with E-state index in [1.807, 2.05) is 0 Å². The van der Waals surface area contributed by atoms with Crippen LogP contribution in [0.25, 0.3) is 0 Å². The van der Waals surface area contributed by atoms with Crippen molar-refractivity contribution in [3.63, 3.8) is 0 Å². The van der Waals surface area contributed by atoms with Crippen molar-refractivity contribution in [3.05, 3.63) is 12.7 Å². The highest BCUT2D eigenvalue weighted by Crippen LogP contribution is 1.98. The van der Waals surface area contributed by atoms with Gasteiger partial charge in [0, 0.05) is 0 Å². The summed E-state index contributed by atoms with van der Waals surface area (Å²) in [6, 6.07) is 0. The summed E-state index contributed by atoms with van der Waals surface area (Å²) < 4.78 is 28.5. The molecule has 4 heteroatoms. The van der Waals surface area contributed by atoms with Crippen LogP contribution in [0, 0.1) is 5.92 Å². The Morgan fingerprint density at radius 2 is 2.22 bits per heavy atom. The fourth-order valence-corrected chi connectivity index (χ4v) is 1.20. The summed E-state index contributed by atoms with van der Waals surface area (Å²) in [5.41, 5.74) is 0. The minimum atomic E-state index is -3.81. The average Bonchev–Trinajstić information content (AvgIpc) is 1.62. The lowest BCUT2D eigenvalue weighted by molar-refractivity contribution is 0.477. The monoisotopic (exact) mass is 150 g/mol.